The topological polar surface area (TPSA) is 39.6 Å². The Balaban J connectivity index is 2.98. The van der Waals surface area contributed by atoms with Crippen molar-refractivity contribution in [1.29, 1.82) is 5.41 Å². The normalized spacial score (nSPS) is 11.5. The molecular formula is C9H14N2. The van der Waals surface area contributed by atoms with Gasteiger partial charge in [-0.3, -0.25) is 0 Å². The average molecular weight is 150 g/mol. The van der Waals surface area contributed by atoms with Crippen molar-refractivity contribution < 1.29 is 0 Å². The van der Waals surface area contributed by atoms with Crippen molar-refractivity contribution in [3.8, 4) is 0 Å². The van der Waals surface area contributed by atoms with Gasteiger partial charge in [-0.1, -0.05) is 20.8 Å². The molecule has 0 aromatic carbocycles. The van der Waals surface area contributed by atoms with Gasteiger partial charge in [0.1, 0.15) is 0 Å². The van der Waals surface area contributed by atoms with Crippen LogP contribution in [0.1, 0.15) is 32.0 Å². The average Bonchev–Trinajstić information content (AvgIpc) is 2.32. The Hall–Kier alpha value is -1.05. The third-order valence-electron chi connectivity index (χ3n) is 1.73. The number of aromatic amines is 1. The fraction of sp³-hybridized carbons (Fsp3) is 0.444. The molecular weight excluding hydrogens is 136 g/mol. The number of nitrogens with one attached hydrogen (secondary N) is 2. The van der Waals surface area contributed by atoms with E-state index in [1.807, 2.05) is 12.3 Å². The molecule has 0 radical (unpaired) electrons. The lowest BCUT2D eigenvalue weighted by atomic mass is 9.89. The fourth-order valence-corrected chi connectivity index (χ4v) is 0.928. The third-order valence-corrected chi connectivity index (χ3v) is 1.73. The summed E-state index contributed by atoms with van der Waals surface area (Å²) in [5.74, 6) is 0. The molecule has 2 N–H and O–H groups in total. The van der Waals surface area contributed by atoms with Crippen molar-refractivity contribution in [2.45, 2.75) is 26.2 Å². The predicted octanol–water partition coefficient (Wildman–Crippen LogP) is 2.31. The van der Waals surface area contributed by atoms with E-state index in [-0.39, 0.29) is 5.41 Å². The second-order valence-corrected chi connectivity index (χ2v) is 3.74. The van der Waals surface area contributed by atoms with Crippen molar-refractivity contribution in [2.24, 2.45) is 0 Å². The Labute approximate surface area is 67.2 Å². The fourth-order valence-electron chi connectivity index (χ4n) is 0.928. The number of H-pyrrole nitrogens is 1. The molecule has 2 nitrogen and oxygen atoms in total. The summed E-state index contributed by atoms with van der Waals surface area (Å²) < 4.78 is 0. The summed E-state index contributed by atoms with van der Waals surface area (Å²) in [4.78, 5) is 3.02. The van der Waals surface area contributed by atoms with Gasteiger partial charge in [0.2, 0.25) is 0 Å². The second kappa shape index (κ2) is 2.53. The number of aromatic nitrogens is 1. The van der Waals surface area contributed by atoms with Gasteiger partial charge in [0, 0.05) is 12.4 Å². The van der Waals surface area contributed by atoms with Crippen molar-refractivity contribution >= 4 is 6.21 Å². The van der Waals surface area contributed by atoms with Gasteiger partial charge in [-0.05, 0) is 17.0 Å². The first kappa shape index (κ1) is 8.05. The zero-order valence-corrected chi connectivity index (χ0v) is 7.23. The molecule has 1 rings (SSSR count). The number of hydrogen-bond acceptors (Lipinski definition) is 1. The molecule has 1 heterocycles. The Morgan fingerprint density at radius 2 is 2.09 bits per heavy atom. The minimum atomic E-state index is 0.178. The molecule has 0 aliphatic rings. The van der Waals surface area contributed by atoms with E-state index in [1.165, 1.54) is 11.8 Å². The second-order valence-electron chi connectivity index (χ2n) is 3.74. The summed E-state index contributed by atoms with van der Waals surface area (Å²) in [6.45, 7) is 6.47. The van der Waals surface area contributed by atoms with Gasteiger partial charge in [0.05, 0.1) is 5.69 Å². The SMILES string of the molecule is CC(C)(C)c1c[nH]c(C=N)c1. The molecule has 0 bridgehead atoms. The molecule has 0 saturated carbocycles. The first-order valence-electron chi connectivity index (χ1n) is 3.73. The zero-order valence-electron chi connectivity index (χ0n) is 7.23. The maximum absolute atomic E-state index is 7.01. The van der Waals surface area contributed by atoms with E-state index in [0.29, 0.717) is 0 Å². The molecule has 0 fully saturated rings. The first-order valence-corrected chi connectivity index (χ1v) is 3.73. The number of rotatable bonds is 1. The summed E-state index contributed by atoms with van der Waals surface area (Å²) in [5, 5.41) is 7.01. The lowest BCUT2D eigenvalue weighted by Gasteiger charge is -2.15. The summed E-state index contributed by atoms with van der Waals surface area (Å²) in [5.41, 5.74) is 2.29. The number of hydrogen-bond donors (Lipinski definition) is 2. The zero-order chi connectivity index (χ0) is 8.48. The molecule has 1 aromatic heterocycles. The van der Waals surface area contributed by atoms with Gasteiger partial charge < -0.3 is 10.4 Å². The van der Waals surface area contributed by atoms with Crippen molar-refractivity contribution in [1.82, 2.24) is 4.98 Å². The van der Waals surface area contributed by atoms with Crippen LogP contribution in [0, 0.1) is 5.41 Å². The Kier molecular flexibility index (Phi) is 1.85. The van der Waals surface area contributed by atoms with E-state index in [4.69, 9.17) is 5.41 Å². The highest BCUT2D eigenvalue weighted by molar-refractivity contribution is 5.74. The Morgan fingerprint density at radius 1 is 1.45 bits per heavy atom. The van der Waals surface area contributed by atoms with Gasteiger partial charge in [-0.15, -0.1) is 0 Å². The molecule has 0 unspecified atom stereocenters. The van der Waals surface area contributed by atoms with E-state index < -0.39 is 0 Å². The minimum Gasteiger partial charge on any atom is -0.360 e. The smallest absolute Gasteiger partial charge is 0.0562 e. The van der Waals surface area contributed by atoms with Crippen LogP contribution >= 0.6 is 0 Å². The van der Waals surface area contributed by atoms with Gasteiger partial charge in [-0.25, -0.2) is 0 Å². The predicted molar refractivity (Wildman–Crippen MR) is 47.4 cm³/mol. The van der Waals surface area contributed by atoms with E-state index in [9.17, 15) is 0 Å². The molecule has 0 amide bonds. The third kappa shape index (κ3) is 1.70. The van der Waals surface area contributed by atoms with Crippen molar-refractivity contribution in [3.63, 3.8) is 0 Å². The Bertz CT molecular complexity index is 253. The maximum atomic E-state index is 7.01. The van der Waals surface area contributed by atoms with E-state index in [1.54, 1.807) is 0 Å². The largest absolute Gasteiger partial charge is 0.360 e. The molecule has 2 heteroatoms. The molecule has 11 heavy (non-hydrogen) atoms. The van der Waals surface area contributed by atoms with E-state index in [2.05, 4.69) is 25.8 Å². The quantitative estimate of drug-likeness (QED) is 0.577. The molecule has 0 saturated heterocycles. The van der Waals surface area contributed by atoms with Crippen LogP contribution in [0.4, 0.5) is 0 Å². The van der Waals surface area contributed by atoms with Crippen LogP contribution in [0.2, 0.25) is 0 Å². The Morgan fingerprint density at radius 3 is 2.36 bits per heavy atom. The summed E-state index contributed by atoms with van der Waals surface area (Å²) >= 11 is 0. The molecule has 60 valence electrons. The highest BCUT2D eigenvalue weighted by Crippen LogP contribution is 2.21. The molecule has 0 aliphatic carbocycles. The monoisotopic (exact) mass is 150 g/mol. The van der Waals surface area contributed by atoms with Crippen LogP contribution < -0.4 is 0 Å². The minimum absolute atomic E-state index is 0.178. The lowest BCUT2D eigenvalue weighted by Crippen LogP contribution is -2.09. The summed E-state index contributed by atoms with van der Waals surface area (Å²) in [7, 11) is 0. The summed E-state index contributed by atoms with van der Waals surface area (Å²) in [6, 6.07) is 2.01. The summed E-state index contributed by atoms with van der Waals surface area (Å²) in [6.07, 6.45) is 3.29. The molecule has 0 aliphatic heterocycles. The van der Waals surface area contributed by atoms with E-state index in [0.717, 1.165) is 5.69 Å². The van der Waals surface area contributed by atoms with Crippen molar-refractivity contribution in [2.75, 3.05) is 0 Å². The molecule has 0 spiro atoms. The van der Waals surface area contributed by atoms with Crippen LogP contribution in [-0.2, 0) is 5.41 Å². The van der Waals surface area contributed by atoms with Crippen LogP contribution in [-0.4, -0.2) is 11.2 Å². The van der Waals surface area contributed by atoms with Crippen LogP contribution in [0.5, 0.6) is 0 Å². The van der Waals surface area contributed by atoms with Crippen LogP contribution in [0.15, 0.2) is 12.3 Å². The maximum Gasteiger partial charge on any atom is 0.0562 e. The lowest BCUT2D eigenvalue weighted by molar-refractivity contribution is 0.591. The highest BCUT2D eigenvalue weighted by atomic mass is 14.7. The molecule has 0 atom stereocenters. The van der Waals surface area contributed by atoms with Gasteiger partial charge >= 0.3 is 0 Å². The highest BCUT2D eigenvalue weighted by Gasteiger charge is 2.14. The van der Waals surface area contributed by atoms with Crippen LogP contribution in [0.3, 0.4) is 0 Å². The van der Waals surface area contributed by atoms with Gasteiger partial charge in [-0.2, -0.15) is 0 Å². The van der Waals surface area contributed by atoms with E-state index >= 15 is 0 Å². The standard InChI is InChI=1S/C9H14N2/c1-9(2,3)7-4-8(5-10)11-6-7/h4-6,10-11H,1-3H3. The van der Waals surface area contributed by atoms with Gasteiger partial charge in [0.25, 0.3) is 0 Å². The van der Waals surface area contributed by atoms with Gasteiger partial charge in [0.15, 0.2) is 0 Å². The van der Waals surface area contributed by atoms with Crippen molar-refractivity contribution in [3.05, 3.63) is 23.5 Å². The molecule has 1 aromatic rings. The van der Waals surface area contributed by atoms with Crippen LogP contribution in [0.25, 0.3) is 0 Å². The first-order chi connectivity index (χ1) is 5.04.